The smallest absolute Gasteiger partial charge is 0.222 e. The highest BCUT2D eigenvalue weighted by Gasteiger charge is 2.07. The maximum atomic E-state index is 11.4. The zero-order valence-electron chi connectivity index (χ0n) is 14.5. The number of aryl methyl sites for hydroxylation is 2. The van der Waals surface area contributed by atoms with Crippen molar-refractivity contribution in [1.29, 1.82) is 0 Å². The molecule has 0 atom stereocenters. The average molecular weight is 432 g/mol. The van der Waals surface area contributed by atoms with Crippen molar-refractivity contribution in [3.63, 3.8) is 0 Å². The number of hydrogen-bond acceptors (Lipinski definition) is 2. The molecule has 23 heavy (non-hydrogen) atoms. The lowest BCUT2D eigenvalue weighted by Gasteiger charge is -2.15. The molecule has 0 saturated heterocycles. The van der Waals surface area contributed by atoms with Crippen molar-refractivity contribution in [2.45, 2.75) is 40.5 Å². The second-order valence-corrected chi connectivity index (χ2v) is 5.50. The van der Waals surface area contributed by atoms with Crippen molar-refractivity contribution in [2.75, 3.05) is 18.4 Å². The number of benzene rings is 1. The largest absolute Gasteiger partial charge is 0.370 e. The molecule has 0 spiro atoms. The molecule has 0 radical (unpaired) electrons. The zero-order valence-corrected chi connectivity index (χ0v) is 16.8. The lowest BCUT2D eigenvalue weighted by molar-refractivity contribution is -0.123. The maximum Gasteiger partial charge on any atom is 0.222 e. The van der Waals surface area contributed by atoms with Gasteiger partial charge in [0.25, 0.3) is 0 Å². The van der Waals surface area contributed by atoms with E-state index in [2.05, 4.69) is 47.7 Å². The molecule has 1 aromatic rings. The second-order valence-electron chi connectivity index (χ2n) is 5.50. The maximum absolute atomic E-state index is 11.4. The minimum atomic E-state index is -0.0111. The summed E-state index contributed by atoms with van der Waals surface area (Å²) >= 11 is 0. The first-order chi connectivity index (χ1) is 10.5. The molecule has 1 aromatic carbocycles. The summed E-state index contributed by atoms with van der Waals surface area (Å²) < 4.78 is 0. The summed E-state index contributed by atoms with van der Waals surface area (Å²) in [6, 6.07) is 6.26. The molecule has 1 rings (SSSR count). The van der Waals surface area contributed by atoms with E-state index < -0.39 is 0 Å². The van der Waals surface area contributed by atoms with Crippen LogP contribution in [0.4, 0.5) is 5.69 Å². The molecule has 0 bridgehead atoms. The van der Waals surface area contributed by atoms with Crippen molar-refractivity contribution in [3.05, 3.63) is 29.3 Å². The molecule has 0 aliphatic rings. The van der Waals surface area contributed by atoms with Crippen LogP contribution in [0.2, 0.25) is 0 Å². The first kappa shape index (κ1) is 21.7. The van der Waals surface area contributed by atoms with E-state index >= 15 is 0 Å². The SMILES string of the molecule is CCc1cccc(CC)c1NC(N)=NCCNC(=O)C(C)C.I. The van der Waals surface area contributed by atoms with Gasteiger partial charge in [0, 0.05) is 18.2 Å². The molecular weight excluding hydrogens is 403 g/mol. The van der Waals surface area contributed by atoms with E-state index in [0.717, 1.165) is 18.5 Å². The Kier molecular flexibility index (Phi) is 10.6. The van der Waals surface area contributed by atoms with E-state index in [9.17, 15) is 4.79 Å². The second kappa shape index (κ2) is 11.3. The molecule has 0 heterocycles. The molecule has 5 nitrogen and oxygen atoms in total. The molecule has 6 heteroatoms. The van der Waals surface area contributed by atoms with Crippen LogP contribution in [0.15, 0.2) is 23.2 Å². The van der Waals surface area contributed by atoms with E-state index in [4.69, 9.17) is 5.73 Å². The molecule has 0 aliphatic heterocycles. The quantitative estimate of drug-likeness (QED) is 0.268. The Labute approximate surface area is 156 Å². The van der Waals surface area contributed by atoms with Gasteiger partial charge in [-0.15, -0.1) is 24.0 Å². The highest BCUT2D eigenvalue weighted by molar-refractivity contribution is 14.0. The predicted octanol–water partition coefficient (Wildman–Crippen LogP) is 2.93. The van der Waals surface area contributed by atoms with Gasteiger partial charge in [-0.1, -0.05) is 45.9 Å². The summed E-state index contributed by atoms with van der Waals surface area (Å²) in [5.41, 5.74) is 9.47. The van der Waals surface area contributed by atoms with Gasteiger partial charge in [0.2, 0.25) is 5.91 Å². The number of guanidine groups is 1. The van der Waals surface area contributed by atoms with Crippen LogP contribution in [0.3, 0.4) is 0 Å². The zero-order chi connectivity index (χ0) is 16.5. The van der Waals surface area contributed by atoms with Gasteiger partial charge in [0.1, 0.15) is 0 Å². The van der Waals surface area contributed by atoms with Gasteiger partial charge >= 0.3 is 0 Å². The van der Waals surface area contributed by atoms with Gasteiger partial charge in [0.15, 0.2) is 5.96 Å². The molecule has 0 aromatic heterocycles. The van der Waals surface area contributed by atoms with Crippen LogP contribution < -0.4 is 16.4 Å². The van der Waals surface area contributed by atoms with E-state index in [-0.39, 0.29) is 35.8 Å². The first-order valence-corrected chi connectivity index (χ1v) is 7.94. The monoisotopic (exact) mass is 432 g/mol. The molecule has 0 fully saturated rings. The van der Waals surface area contributed by atoms with Crippen LogP contribution in [0.25, 0.3) is 0 Å². The Morgan fingerprint density at radius 1 is 1.22 bits per heavy atom. The number of halogens is 1. The summed E-state index contributed by atoms with van der Waals surface area (Å²) in [5, 5.41) is 6.02. The van der Waals surface area contributed by atoms with Crippen LogP contribution in [-0.4, -0.2) is 25.0 Å². The Balaban J connectivity index is 0.00000484. The summed E-state index contributed by atoms with van der Waals surface area (Å²) in [5.74, 6) is 0.406. The van der Waals surface area contributed by atoms with Crippen LogP contribution in [0.1, 0.15) is 38.8 Å². The molecule has 0 aliphatic carbocycles. The fourth-order valence-electron chi connectivity index (χ4n) is 2.13. The minimum absolute atomic E-state index is 0. The van der Waals surface area contributed by atoms with E-state index in [1.54, 1.807) is 0 Å². The average Bonchev–Trinajstić information content (AvgIpc) is 2.51. The molecule has 4 N–H and O–H groups in total. The van der Waals surface area contributed by atoms with Gasteiger partial charge in [-0.2, -0.15) is 0 Å². The van der Waals surface area contributed by atoms with Crippen molar-refractivity contribution in [1.82, 2.24) is 5.32 Å². The van der Waals surface area contributed by atoms with Crippen molar-refractivity contribution < 1.29 is 4.79 Å². The first-order valence-electron chi connectivity index (χ1n) is 7.94. The number of nitrogens with one attached hydrogen (secondary N) is 2. The lowest BCUT2D eigenvalue weighted by Crippen LogP contribution is -2.31. The normalized spacial score (nSPS) is 11.1. The summed E-state index contributed by atoms with van der Waals surface area (Å²) in [6.07, 6.45) is 1.88. The number of hydrogen-bond donors (Lipinski definition) is 3. The fourth-order valence-corrected chi connectivity index (χ4v) is 2.13. The third kappa shape index (κ3) is 7.20. The minimum Gasteiger partial charge on any atom is -0.370 e. The van der Waals surface area contributed by atoms with E-state index in [0.29, 0.717) is 19.0 Å². The Morgan fingerprint density at radius 2 is 1.78 bits per heavy atom. The molecule has 1 amide bonds. The summed E-state index contributed by atoms with van der Waals surface area (Å²) in [6.45, 7) is 8.93. The summed E-state index contributed by atoms with van der Waals surface area (Å²) in [4.78, 5) is 15.7. The number of nitrogens with two attached hydrogens (primary N) is 1. The van der Waals surface area contributed by atoms with Crippen molar-refractivity contribution >= 4 is 41.5 Å². The molecule has 0 saturated carbocycles. The number of rotatable bonds is 7. The number of aliphatic imine (C=N–C) groups is 1. The molecule has 130 valence electrons. The van der Waals surface area contributed by atoms with Gasteiger partial charge < -0.3 is 16.4 Å². The third-order valence-electron chi connectivity index (χ3n) is 3.47. The summed E-state index contributed by atoms with van der Waals surface area (Å²) in [7, 11) is 0. The third-order valence-corrected chi connectivity index (χ3v) is 3.47. The van der Waals surface area contributed by atoms with Crippen LogP contribution in [0, 0.1) is 5.92 Å². The topological polar surface area (TPSA) is 79.5 Å². The highest BCUT2D eigenvalue weighted by atomic mass is 127. The number of amides is 1. The van der Waals surface area contributed by atoms with E-state index in [1.165, 1.54) is 11.1 Å². The number of carbonyl (C=O) groups is 1. The molecular formula is C17H29IN4O. The predicted molar refractivity (Wildman–Crippen MR) is 109 cm³/mol. The number of para-hydroxylation sites is 1. The number of anilines is 1. The fraction of sp³-hybridized carbons (Fsp3) is 0.529. The van der Waals surface area contributed by atoms with Crippen molar-refractivity contribution in [2.24, 2.45) is 16.6 Å². The Morgan fingerprint density at radius 3 is 2.26 bits per heavy atom. The Hall–Kier alpha value is -1.31. The molecule has 0 unspecified atom stereocenters. The highest BCUT2D eigenvalue weighted by Crippen LogP contribution is 2.22. The Bertz CT molecular complexity index is 507. The standard InChI is InChI=1S/C17H28N4O.HI/c1-5-13-8-7-9-14(6-2)15(13)21-17(18)20-11-10-19-16(22)12(3)4;/h7-9,12H,5-6,10-11H2,1-4H3,(H,19,22)(H3,18,20,21);1H. The van der Waals surface area contributed by atoms with Crippen molar-refractivity contribution in [3.8, 4) is 0 Å². The van der Waals surface area contributed by atoms with Gasteiger partial charge in [-0.05, 0) is 24.0 Å². The van der Waals surface area contributed by atoms with Crippen LogP contribution in [0.5, 0.6) is 0 Å². The lowest BCUT2D eigenvalue weighted by atomic mass is 10.0. The number of nitrogens with zero attached hydrogens (tertiary/aromatic N) is 1. The van der Waals surface area contributed by atoms with Crippen LogP contribution in [-0.2, 0) is 17.6 Å². The van der Waals surface area contributed by atoms with E-state index in [1.807, 2.05) is 13.8 Å². The van der Waals surface area contributed by atoms with Gasteiger partial charge in [-0.25, -0.2) is 0 Å². The number of carbonyl (C=O) groups excluding carboxylic acids is 1. The van der Waals surface area contributed by atoms with Gasteiger partial charge in [0.05, 0.1) is 6.54 Å². The van der Waals surface area contributed by atoms with Gasteiger partial charge in [-0.3, -0.25) is 9.79 Å². The van der Waals surface area contributed by atoms with Crippen LogP contribution >= 0.6 is 24.0 Å².